The molecule has 0 radical (unpaired) electrons. The maximum Gasteiger partial charge on any atom is 0.244 e. The van der Waals surface area contributed by atoms with E-state index in [-0.39, 0.29) is 29.0 Å². The van der Waals surface area contributed by atoms with Gasteiger partial charge in [-0.2, -0.15) is 0 Å². The van der Waals surface area contributed by atoms with Gasteiger partial charge < -0.3 is 14.9 Å². The lowest BCUT2D eigenvalue weighted by atomic mass is 9.65. The van der Waals surface area contributed by atoms with Gasteiger partial charge in [-0.1, -0.05) is 13.8 Å². The molecule has 2 atom stereocenters. The summed E-state index contributed by atoms with van der Waals surface area (Å²) in [6.45, 7) is 8.40. The first-order valence-electron chi connectivity index (χ1n) is 7.15. The van der Waals surface area contributed by atoms with Crippen molar-refractivity contribution in [2.24, 2.45) is 11.1 Å². The molecule has 0 spiro atoms. The molecule has 3 N–H and O–H groups in total. The zero-order chi connectivity index (χ0) is 15.8. The molecule has 6 nitrogen and oxygen atoms in total. The second-order valence-electron chi connectivity index (χ2n) is 6.01. The zero-order valence-electron chi connectivity index (χ0n) is 13.0. The lowest BCUT2D eigenvalue weighted by Crippen LogP contribution is -2.61. The number of nitrogens with two attached hydrogens (primary N) is 1. The third-order valence-electron chi connectivity index (χ3n) is 4.26. The quantitative estimate of drug-likeness (QED) is 0.830. The van der Waals surface area contributed by atoms with Crippen LogP contribution in [0.15, 0.2) is 15.4 Å². The average molecular weight is 316 g/mol. The average Bonchev–Trinajstić information content (AvgIpc) is 2.80. The van der Waals surface area contributed by atoms with Gasteiger partial charge in [0.2, 0.25) is 10.0 Å². The molecule has 120 valence electrons. The second kappa shape index (κ2) is 5.72. The summed E-state index contributed by atoms with van der Waals surface area (Å²) in [7, 11) is -3.60. The molecule has 1 aliphatic carbocycles. The minimum Gasteiger partial charge on any atom is -0.464 e. The van der Waals surface area contributed by atoms with Crippen molar-refractivity contribution < 1.29 is 17.6 Å². The number of ether oxygens (including phenoxy) is 1. The molecule has 1 fully saturated rings. The van der Waals surface area contributed by atoms with Crippen LogP contribution in [0.1, 0.15) is 38.7 Å². The number of aryl methyl sites for hydroxylation is 1. The van der Waals surface area contributed by atoms with Crippen LogP contribution in [-0.2, 0) is 21.3 Å². The minimum absolute atomic E-state index is 0.0836. The van der Waals surface area contributed by atoms with Gasteiger partial charge in [0.15, 0.2) is 0 Å². The summed E-state index contributed by atoms with van der Waals surface area (Å²) in [5.41, 5.74) is 5.26. The van der Waals surface area contributed by atoms with Crippen LogP contribution in [0, 0.1) is 12.3 Å². The van der Waals surface area contributed by atoms with Gasteiger partial charge in [0.05, 0.1) is 12.6 Å². The highest BCUT2D eigenvalue weighted by atomic mass is 32.2. The maximum atomic E-state index is 12.5. The predicted octanol–water partition coefficient (Wildman–Crippen LogP) is 1.53. The van der Waals surface area contributed by atoms with Crippen LogP contribution >= 0.6 is 0 Å². The van der Waals surface area contributed by atoms with Crippen molar-refractivity contribution in [1.29, 1.82) is 0 Å². The summed E-state index contributed by atoms with van der Waals surface area (Å²) in [5.74, 6) is 0.828. The maximum absolute atomic E-state index is 12.5. The summed E-state index contributed by atoms with van der Waals surface area (Å²) < 4.78 is 38.7. The fraction of sp³-hybridized carbons (Fsp3) is 0.714. The first-order chi connectivity index (χ1) is 9.72. The fourth-order valence-corrected chi connectivity index (χ4v) is 4.32. The standard InChI is InChI=1S/C14H24N2O4S/c1-5-19-13-7-12(14(13,3)4)16-21(17,18)11-6-10(8-15)20-9(11)2/h6,12-13,16H,5,7-8,15H2,1-4H3. The number of hydrogen-bond donors (Lipinski definition) is 2. The summed E-state index contributed by atoms with van der Waals surface area (Å²) in [5, 5.41) is 0. The van der Waals surface area contributed by atoms with Crippen molar-refractivity contribution in [3.05, 3.63) is 17.6 Å². The van der Waals surface area contributed by atoms with Crippen molar-refractivity contribution in [1.82, 2.24) is 4.72 Å². The van der Waals surface area contributed by atoms with Crippen LogP contribution in [0.25, 0.3) is 0 Å². The highest BCUT2D eigenvalue weighted by Crippen LogP contribution is 2.43. The largest absolute Gasteiger partial charge is 0.464 e. The Labute approximate surface area is 126 Å². The molecule has 0 aromatic carbocycles. The smallest absolute Gasteiger partial charge is 0.244 e. The van der Waals surface area contributed by atoms with Crippen molar-refractivity contribution in [3.8, 4) is 0 Å². The Bertz CT molecular complexity index is 606. The molecule has 7 heteroatoms. The van der Waals surface area contributed by atoms with E-state index in [1.54, 1.807) is 6.92 Å². The van der Waals surface area contributed by atoms with Gasteiger partial charge in [-0.05, 0) is 20.3 Å². The molecule has 0 bridgehead atoms. The highest BCUT2D eigenvalue weighted by molar-refractivity contribution is 7.89. The van der Waals surface area contributed by atoms with E-state index in [1.807, 2.05) is 20.8 Å². The lowest BCUT2D eigenvalue weighted by molar-refractivity contribution is -0.108. The Hall–Kier alpha value is -0.890. The summed E-state index contributed by atoms with van der Waals surface area (Å²) in [4.78, 5) is 0.165. The van der Waals surface area contributed by atoms with E-state index in [0.717, 1.165) is 0 Å². The van der Waals surface area contributed by atoms with E-state index < -0.39 is 10.0 Å². The number of nitrogens with one attached hydrogen (secondary N) is 1. The molecule has 0 aliphatic heterocycles. The molecule has 0 saturated heterocycles. The van der Waals surface area contributed by atoms with Gasteiger partial charge in [0, 0.05) is 24.1 Å². The molecule has 1 heterocycles. The number of sulfonamides is 1. The van der Waals surface area contributed by atoms with Crippen LogP contribution in [0.2, 0.25) is 0 Å². The minimum atomic E-state index is -3.60. The van der Waals surface area contributed by atoms with E-state index in [9.17, 15) is 8.42 Å². The second-order valence-corrected chi connectivity index (χ2v) is 7.69. The molecular weight excluding hydrogens is 292 g/mol. The third kappa shape index (κ3) is 3.01. The lowest BCUT2D eigenvalue weighted by Gasteiger charge is -2.51. The summed E-state index contributed by atoms with van der Waals surface area (Å²) in [6.07, 6.45) is 0.765. The molecule has 2 rings (SSSR count). The van der Waals surface area contributed by atoms with Crippen molar-refractivity contribution in [2.75, 3.05) is 6.61 Å². The molecule has 2 unspecified atom stereocenters. The Balaban J connectivity index is 2.14. The predicted molar refractivity (Wildman–Crippen MR) is 79.3 cm³/mol. The van der Waals surface area contributed by atoms with Gasteiger partial charge in [-0.15, -0.1) is 0 Å². The van der Waals surface area contributed by atoms with Crippen LogP contribution in [0.5, 0.6) is 0 Å². The van der Waals surface area contributed by atoms with E-state index in [1.165, 1.54) is 6.07 Å². The summed E-state index contributed by atoms with van der Waals surface area (Å²) in [6, 6.07) is 1.35. The van der Waals surface area contributed by atoms with Crippen molar-refractivity contribution in [3.63, 3.8) is 0 Å². The molecule has 1 aromatic heterocycles. The van der Waals surface area contributed by atoms with E-state index in [4.69, 9.17) is 14.9 Å². The highest BCUT2D eigenvalue weighted by Gasteiger charge is 2.50. The van der Waals surface area contributed by atoms with Crippen LogP contribution < -0.4 is 10.5 Å². The van der Waals surface area contributed by atoms with E-state index >= 15 is 0 Å². The van der Waals surface area contributed by atoms with Crippen molar-refractivity contribution >= 4 is 10.0 Å². The molecular formula is C14H24N2O4S. The Morgan fingerprint density at radius 1 is 1.52 bits per heavy atom. The van der Waals surface area contributed by atoms with Crippen molar-refractivity contribution in [2.45, 2.75) is 57.7 Å². The first kappa shape index (κ1) is 16.5. The monoisotopic (exact) mass is 316 g/mol. The molecule has 1 aliphatic rings. The number of rotatable bonds is 6. The van der Waals surface area contributed by atoms with Gasteiger partial charge in [0.1, 0.15) is 16.4 Å². The Kier molecular flexibility index (Phi) is 4.49. The van der Waals surface area contributed by atoms with Crippen LogP contribution in [0.4, 0.5) is 0 Å². The van der Waals surface area contributed by atoms with Crippen LogP contribution in [-0.4, -0.2) is 27.2 Å². The van der Waals surface area contributed by atoms with E-state index in [2.05, 4.69) is 4.72 Å². The molecule has 1 aromatic rings. The molecule has 1 saturated carbocycles. The zero-order valence-corrected chi connectivity index (χ0v) is 13.8. The van der Waals surface area contributed by atoms with E-state index in [0.29, 0.717) is 24.5 Å². The van der Waals surface area contributed by atoms with Crippen LogP contribution in [0.3, 0.4) is 0 Å². The van der Waals surface area contributed by atoms with Gasteiger partial charge in [-0.3, -0.25) is 0 Å². The third-order valence-corrected chi connectivity index (χ3v) is 5.84. The van der Waals surface area contributed by atoms with Gasteiger partial charge >= 0.3 is 0 Å². The fourth-order valence-electron chi connectivity index (χ4n) is 2.71. The normalized spacial score (nSPS) is 24.8. The van der Waals surface area contributed by atoms with Gasteiger partial charge in [0.25, 0.3) is 0 Å². The Morgan fingerprint density at radius 3 is 2.67 bits per heavy atom. The number of furan rings is 1. The van der Waals surface area contributed by atoms with Gasteiger partial charge in [-0.25, -0.2) is 13.1 Å². The SMILES string of the molecule is CCOC1CC(NS(=O)(=O)c2cc(CN)oc2C)C1(C)C. The molecule has 0 amide bonds. The summed E-state index contributed by atoms with van der Waals surface area (Å²) >= 11 is 0. The topological polar surface area (TPSA) is 94.6 Å². The molecule has 21 heavy (non-hydrogen) atoms. The number of hydrogen-bond acceptors (Lipinski definition) is 5. The Morgan fingerprint density at radius 2 is 2.19 bits per heavy atom. The first-order valence-corrected chi connectivity index (χ1v) is 8.64.